The Balaban J connectivity index is 2.11. The van der Waals surface area contributed by atoms with Gasteiger partial charge in [-0.25, -0.2) is 9.97 Å². The number of nitrogens with zero attached hydrogens (tertiary/aromatic N) is 3. The largest absolute Gasteiger partial charge is 0.368 e. The fraction of sp³-hybridized carbons (Fsp3) is 0.357. The Bertz CT molecular complexity index is 592. The first-order chi connectivity index (χ1) is 8.58. The van der Waals surface area contributed by atoms with Gasteiger partial charge < -0.3 is 5.73 Å². The summed E-state index contributed by atoms with van der Waals surface area (Å²) in [7, 11) is 0. The molecule has 2 N–H and O–H groups in total. The van der Waals surface area contributed by atoms with E-state index < -0.39 is 0 Å². The van der Waals surface area contributed by atoms with Crippen LogP contribution in [0.4, 0.5) is 5.95 Å². The number of rotatable bonds is 1. The van der Waals surface area contributed by atoms with Crippen LogP contribution in [0.25, 0.3) is 0 Å². The lowest BCUT2D eigenvalue weighted by atomic mass is 9.86. The van der Waals surface area contributed by atoms with Gasteiger partial charge in [0.1, 0.15) is 12.2 Å². The van der Waals surface area contributed by atoms with Crippen molar-refractivity contribution in [3.8, 4) is 0 Å². The fourth-order valence-electron chi connectivity index (χ4n) is 2.87. The zero-order valence-electron chi connectivity index (χ0n) is 10.6. The second kappa shape index (κ2) is 3.77. The molecule has 0 amide bonds. The van der Waals surface area contributed by atoms with Gasteiger partial charge in [-0.05, 0) is 23.0 Å². The Morgan fingerprint density at radius 2 is 2.00 bits per heavy atom. The molecule has 1 atom stereocenters. The van der Waals surface area contributed by atoms with Gasteiger partial charge in [-0.1, -0.05) is 38.1 Å². The number of nitrogens with two attached hydrogens (primary N) is 1. The molecule has 0 radical (unpaired) electrons. The normalized spacial score (nSPS) is 20.7. The van der Waals surface area contributed by atoms with Crippen molar-refractivity contribution in [3.05, 3.63) is 47.5 Å². The van der Waals surface area contributed by atoms with Crippen LogP contribution in [-0.2, 0) is 5.41 Å². The highest BCUT2D eigenvalue weighted by atomic mass is 15.1. The van der Waals surface area contributed by atoms with Gasteiger partial charge in [0, 0.05) is 5.92 Å². The van der Waals surface area contributed by atoms with Crippen molar-refractivity contribution < 1.29 is 0 Å². The van der Waals surface area contributed by atoms with Crippen LogP contribution in [0.2, 0.25) is 0 Å². The molecule has 1 aromatic heterocycles. The van der Waals surface area contributed by atoms with E-state index in [4.69, 9.17) is 5.73 Å². The van der Waals surface area contributed by atoms with E-state index in [9.17, 15) is 0 Å². The molecule has 1 aliphatic carbocycles. The molecular weight excluding hydrogens is 224 g/mol. The van der Waals surface area contributed by atoms with Crippen LogP contribution in [-0.4, -0.2) is 15.0 Å². The molecule has 1 heterocycles. The summed E-state index contributed by atoms with van der Waals surface area (Å²) in [6.07, 6.45) is 2.50. The summed E-state index contributed by atoms with van der Waals surface area (Å²) in [5, 5.41) is 0. The first kappa shape index (κ1) is 11.1. The van der Waals surface area contributed by atoms with Crippen molar-refractivity contribution >= 4 is 5.95 Å². The summed E-state index contributed by atoms with van der Waals surface area (Å²) < 4.78 is 0. The monoisotopic (exact) mass is 240 g/mol. The van der Waals surface area contributed by atoms with E-state index in [0.29, 0.717) is 5.95 Å². The van der Waals surface area contributed by atoms with Crippen molar-refractivity contribution in [1.29, 1.82) is 0 Å². The van der Waals surface area contributed by atoms with Gasteiger partial charge in [0.25, 0.3) is 0 Å². The Morgan fingerprint density at radius 1 is 1.22 bits per heavy atom. The third-order valence-corrected chi connectivity index (χ3v) is 3.70. The maximum Gasteiger partial charge on any atom is 0.223 e. The van der Waals surface area contributed by atoms with Crippen molar-refractivity contribution in [2.45, 2.75) is 31.6 Å². The van der Waals surface area contributed by atoms with Crippen LogP contribution in [0, 0.1) is 0 Å². The summed E-state index contributed by atoms with van der Waals surface area (Å²) in [6.45, 7) is 4.52. The van der Waals surface area contributed by atoms with Crippen LogP contribution < -0.4 is 5.73 Å². The van der Waals surface area contributed by atoms with E-state index in [2.05, 4.69) is 53.1 Å². The molecule has 0 saturated heterocycles. The molecule has 2 aromatic rings. The third kappa shape index (κ3) is 1.65. The summed E-state index contributed by atoms with van der Waals surface area (Å²) in [5.74, 6) is 1.30. The van der Waals surface area contributed by atoms with E-state index >= 15 is 0 Å². The van der Waals surface area contributed by atoms with Crippen molar-refractivity contribution in [1.82, 2.24) is 15.0 Å². The van der Waals surface area contributed by atoms with Crippen molar-refractivity contribution in [3.63, 3.8) is 0 Å². The zero-order chi connectivity index (χ0) is 12.8. The highest BCUT2D eigenvalue weighted by Gasteiger charge is 2.38. The molecule has 1 aromatic carbocycles. The maximum absolute atomic E-state index is 5.65. The first-order valence-corrected chi connectivity index (χ1v) is 6.12. The Kier molecular flexibility index (Phi) is 2.33. The van der Waals surface area contributed by atoms with Crippen LogP contribution in [0.5, 0.6) is 0 Å². The zero-order valence-corrected chi connectivity index (χ0v) is 10.6. The van der Waals surface area contributed by atoms with Gasteiger partial charge >= 0.3 is 0 Å². The smallest absolute Gasteiger partial charge is 0.223 e. The van der Waals surface area contributed by atoms with E-state index in [0.717, 1.165) is 12.2 Å². The number of aromatic nitrogens is 3. The number of benzene rings is 1. The molecule has 0 aliphatic heterocycles. The Hall–Kier alpha value is -1.97. The van der Waals surface area contributed by atoms with E-state index in [1.807, 2.05) is 0 Å². The molecule has 3 rings (SSSR count). The van der Waals surface area contributed by atoms with Crippen LogP contribution in [0.1, 0.15) is 43.1 Å². The lowest BCUT2D eigenvalue weighted by Gasteiger charge is -2.18. The molecule has 0 spiro atoms. The molecule has 4 heteroatoms. The standard InChI is InChI=1S/C14H16N4/c1-14(2)7-10(9-5-3-4-6-11(9)14)12-16-8-17-13(15)18-12/h3-6,8,10H,7H2,1-2H3,(H2,15,16,17,18)/t10-/m0/s1. The molecule has 0 fully saturated rings. The average Bonchev–Trinajstić information content (AvgIpc) is 2.63. The van der Waals surface area contributed by atoms with Crippen LogP contribution in [0.3, 0.4) is 0 Å². The minimum Gasteiger partial charge on any atom is -0.368 e. The lowest BCUT2D eigenvalue weighted by Crippen LogP contribution is -2.13. The van der Waals surface area contributed by atoms with E-state index in [-0.39, 0.29) is 11.3 Å². The SMILES string of the molecule is CC1(C)C[C@H](c2ncnc(N)n2)c2ccccc21. The summed E-state index contributed by atoms with van der Waals surface area (Å²) in [6, 6.07) is 8.51. The lowest BCUT2D eigenvalue weighted by molar-refractivity contribution is 0.491. The van der Waals surface area contributed by atoms with Gasteiger partial charge in [0.2, 0.25) is 5.95 Å². The van der Waals surface area contributed by atoms with Gasteiger partial charge in [-0.2, -0.15) is 4.98 Å². The maximum atomic E-state index is 5.65. The topological polar surface area (TPSA) is 64.7 Å². The minimum absolute atomic E-state index is 0.155. The first-order valence-electron chi connectivity index (χ1n) is 6.12. The predicted octanol–water partition coefficient (Wildman–Crippen LogP) is 2.27. The number of hydrogen-bond donors (Lipinski definition) is 1. The van der Waals surface area contributed by atoms with Crippen molar-refractivity contribution in [2.24, 2.45) is 0 Å². The molecule has 4 nitrogen and oxygen atoms in total. The summed E-state index contributed by atoms with van der Waals surface area (Å²) >= 11 is 0. The highest BCUT2D eigenvalue weighted by molar-refractivity contribution is 5.44. The van der Waals surface area contributed by atoms with Gasteiger partial charge in [-0.3, -0.25) is 0 Å². The molecule has 0 bridgehead atoms. The minimum atomic E-state index is 0.155. The second-order valence-corrected chi connectivity index (χ2v) is 5.43. The van der Waals surface area contributed by atoms with E-state index in [1.165, 1.54) is 17.5 Å². The van der Waals surface area contributed by atoms with Gasteiger partial charge in [-0.15, -0.1) is 0 Å². The van der Waals surface area contributed by atoms with E-state index in [1.54, 1.807) is 0 Å². The third-order valence-electron chi connectivity index (χ3n) is 3.70. The second-order valence-electron chi connectivity index (χ2n) is 5.43. The number of anilines is 1. The molecular formula is C14H16N4. The number of nitrogen functional groups attached to an aromatic ring is 1. The number of fused-ring (bicyclic) bond motifs is 1. The van der Waals surface area contributed by atoms with Gasteiger partial charge in [0.15, 0.2) is 0 Å². The molecule has 1 aliphatic rings. The van der Waals surface area contributed by atoms with Crippen LogP contribution in [0.15, 0.2) is 30.6 Å². The predicted molar refractivity (Wildman–Crippen MR) is 70.2 cm³/mol. The molecule has 0 unspecified atom stereocenters. The van der Waals surface area contributed by atoms with Gasteiger partial charge in [0.05, 0.1) is 0 Å². The van der Waals surface area contributed by atoms with Crippen LogP contribution >= 0.6 is 0 Å². The van der Waals surface area contributed by atoms with Crippen molar-refractivity contribution in [2.75, 3.05) is 5.73 Å². The quantitative estimate of drug-likeness (QED) is 0.830. The molecule has 18 heavy (non-hydrogen) atoms. The number of hydrogen-bond acceptors (Lipinski definition) is 4. The summed E-state index contributed by atoms with van der Waals surface area (Å²) in [4.78, 5) is 12.4. The Labute approximate surface area is 106 Å². The summed E-state index contributed by atoms with van der Waals surface area (Å²) in [5.41, 5.74) is 8.50. The highest BCUT2D eigenvalue weighted by Crippen LogP contribution is 2.47. The Morgan fingerprint density at radius 3 is 2.78 bits per heavy atom. The molecule has 0 saturated carbocycles. The molecule has 92 valence electrons. The average molecular weight is 240 g/mol. The fourth-order valence-corrected chi connectivity index (χ4v) is 2.87.